The van der Waals surface area contributed by atoms with Crippen molar-refractivity contribution >= 4 is 40.5 Å². The van der Waals surface area contributed by atoms with Crippen molar-refractivity contribution in [2.75, 3.05) is 5.32 Å². The van der Waals surface area contributed by atoms with E-state index in [9.17, 15) is 9.59 Å². The number of nitrogens with one attached hydrogen (secondary N) is 2. The smallest absolute Gasteiger partial charge is 0.254 e. The first kappa shape index (κ1) is 16.8. The van der Waals surface area contributed by atoms with Gasteiger partial charge < -0.3 is 5.32 Å². The quantitative estimate of drug-likeness (QED) is 0.393. The number of nitrogens with zero attached hydrogens (tertiary/aromatic N) is 6. The van der Waals surface area contributed by atoms with E-state index >= 15 is 0 Å². The van der Waals surface area contributed by atoms with Crippen molar-refractivity contribution in [3.8, 4) is 5.95 Å². The fraction of sp³-hybridized carbons (Fsp3) is 0.200. The average molecular weight is 400 g/mol. The summed E-state index contributed by atoms with van der Waals surface area (Å²) in [5.74, 6) is 0.336. The van der Waals surface area contributed by atoms with Crippen molar-refractivity contribution in [3.05, 3.63) is 47.9 Å². The van der Waals surface area contributed by atoms with E-state index in [1.54, 1.807) is 23.1 Å². The maximum Gasteiger partial charge on any atom is 0.254 e. The molecular weight excluding hydrogens is 384 g/mol. The van der Waals surface area contributed by atoms with Gasteiger partial charge in [-0.1, -0.05) is 12.1 Å². The number of rotatable bonds is 4. The van der Waals surface area contributed by atoms with Crippen LogP contribution in [0.25, 0.3) is 28.7 Å². The topological polar surface area (TPSA) is 119 Å². The van der Waals surface area contributed by atoms with Crippen molar-refractivity contribution in [1.29, 1.82) is 0 Å². The Hall–Kier alpha value is -4.08. The molecule has 10 heteroatoms. The molecule has 10 nitrogen and oxygen atoms in total. The van der Waals surface area contributed by atoms with Crippen LogP contribution in [0.2, 0.25) is 0 Å². The second kappa shape index (κ2) is 6.21. The normalized spacial score (nSPS) is 17.9. The Labute approximate surface area is 169 Å². The second-order valence-electron chi connectivity index (χ2n) is 7.43. The van der Waals surface area contributed by atoms with E-state index in [1.807, 2.05) is 28.8 Å². The van der Waals surface area contributed by atoms with E-state index in [4.69, 9.17) is 9.97 Å². The number of carbonyl (C=O) groups excluding carboxylic acids is 2. The molecule has 0 atom stereocenters. The van der Waals surface area contributed by atoms with Crippen LogP contribution in [-0.2, 0) is 9.59 Å². The SMILES string of the molecule is O=C1C/C(=C\c2cnn3c(NC4CC4)nc(-n4cnc5ccccc54)nc23)C(=O)N1. The predicted octanol–water partition coefficient (Wildman–Crippen LogP) is 1.47. The first-order chi connectivity index (χ1) is 14.7. The van der Waals surface area contributed by atoms with Crippen LogP contribution in [0.15, 0.2) is 42.4 Å². The number of imidazole rings is 1. The Morgan fingerprint density at radius 2 is 2.03 bits per heavy atom. The maximum atomic E-state index is 12.0. The van der Waals surface area contributed by atoms with Gasteiger partial charge in [0.2, 0.25) is 17.8 Å². The predicted molar refractivity (Wildman–Crippen MR) is 108 cm³/mol. The van der Waals surface area contributed by atoms with E-state index < -0.39 is 0 Å². The molecule has 0 unspecified atom stereocenters. The molecule has 1 saturated heterocycles. The highest BCUT2D eigenvalue weighted by molar-refractivity contribution is 6.15. The average Bonchev–Trinajstić information content (AvgIpc) is 3.16. The summed E-state index contributed by atoms with van der Waals surface area (Å²) >= 11 is 0. The zero-order valence-corrected chi connectivity index (χ0v) is 15.7. The van der Waals surface area contributed by atoms with Gasteiger partial charge in [-0.05, 0) is 31.1 Å². The Balaban J connectivity index is 1.54. The van der Waals surface area contributed by atoms with Crippen LogP contribution in [-0.4, -0.2) is 47.0 Å². The molecule has 3 aromatic heterocycles. The number of hydrogen-bond acceptors (Lipinski definition) is 7. The number of aromatic nitrogens is 6. The zero-order valence-electron chi connectivity index (χ0n) is 15.7. The van der Waals surface area contributed by atoms with Crippen LogP contribution in [0, 0.1) is 0 Å². The molecule has 2 aliphatic rings. The lowest BCUT2D eigenvalue weighted by Gasteiger charge is -2.09. The molecule has 4 aromatic rings. The molecule has 1 aromatic carbocycles. The van der Waals surface area contributed by atoms with E-state index in [1.165, 1.54) is 0 Å². The number of fused-ring (bicyclic) bond motifs is 2. The largest absolute Gasteiger partial charge is 0.351 e. The summed E-state index contributed by atoms with van der Waals surface area (Å²) in [5, 5.41) is 10.1. The summed E-state index contributed by atoms with van der Waals surface area (Å²) in [6, 6.07) is 8.11. The minimum Gasteiger partial charge on any atom is -0.351 e. The van der Waals surface area contributed by atoms with Gasteiger partial charge in [0.1, 0.15) is 6.33 Å². The second-order valence-corrected chi connectivity index (χ2v) is 7.43. The van der Waals surface area contributed by atoms with Gasteiger partial charge in [0.25, 0.3) is 5.91 Å². The summed E-state index contributed by atoms with van der Waals surface area (Å²) < 4.78 is 3.45. The van der Waals surface area contributed by atoms with E-state index in [2.05, 4.69) is 20.7 Å². The molecule has 148 valence electrons. The maximum absolute atomic E-state index is 12.0. The van der Waals surface area contributed by atoms with Crippen LogP contribution in [0.5, 0.6) is 0 Å². The highest BCUT2D eigenvalue weighted by Gasteiger charge is 2.26. The molecule has 2 amide bonds. The monoisotopic (exact) mass is 400 g/mol. The van der Waals surface area contributed by atoms with Gasteiger partial charge in [0, 0.05) is 17.2 Å². The Kier molecular flexibility index (Phi) is 3.48. The van der Waals surface area contributed by atoms with Crippen LogP contribution in [0.3, 0.4) is 0 Å². The van der Waals surface area contributed by atoms with Crippen molar-refractivity contribution in [2.24, 2.45) is 0 Å². The fourth-order valence-corrected chi connectivity index (χ4v) is 3.52. The molecule has 1 aliphatic heterocycles. The Bertz CT molecular complexity index is 1380. The van der Waals surface area contributed by atoms with Crippen LogP contribution in [0.4, 0.5) is 5.95 Å². The van der Waals surface area contributed by atoms with Crippen LogP contribution >= 0.6 is 0 Å². The van der Waals surface area contributed by atoms with E-state index in [-0.39, 0.29) is 18.2 Å². The lowest BCUT2D eigenvalue weighted by atomic mass is 10.1. The molecule has 2 fully saturated rings. The van der Waals surface area contributed by atoms with E-state index in [0.717, 1.165) is 23.9 Å². The first-order valence-corrected chi connectivity index (χ1v) is 9.65. The first-order valence-electron chi connectivity index (χ1n) is 9.65. The molecule has 0 radical (unpaired) electrons. The number of anilines is 1. The molecule has 0 spiro atoms. The minimum atomic E-state index is -0.384. The van der Waals surface area contributed by atoms with Crippen molar-refractivity contribution in [1.82, 2.24) is 34.4 Å². The standard InChI is InChI=1S/C20H16N8O2/c29-16-8-11(18(30)24-16)7-12-9-22-28-17(12)25-19(26-20(28)23-13-5-6-13)27-10-21-14-3-1-2-4-15(14)27/h1-4,7,9-10,13H,5-6,8H2,(H,23,25,26)(H,24,29,30)/b11-7+. The molecular formula is C20H16N8O2. The number of amides is 2. The number of benzene rings is 1. The molecule has 2 N–H and O–H groups in total. The highest BCUT2D eigenvalue weighted by atomic mass is 16.2. The van der Waals surface area contributed by atoms with Gasteiger partial charge in [-0.25, -0.2) is 4.98 Å². The lowest BCUT2D eigenvalue weighted by molar-refractivity contribution is -0.124. The van der Waals surface area contributed by atoms with Gasteiger partial charge in [-0.15, -0.1) is 0 Å². The third kappa shape index (κ3) is 2.72. The van der Waals surface area contributed by atoms with Gasteiger partial charge in [-0.2, -0.15) is 19.6 Å². The zero-order chi connectivity index (χ0) is 20.2. The molecule has 4 heterocycles. The summed E-state index contributed by atoms with van der Waals surface area (Å²) in [6.45, 7) is 0. The molecule has 1 aliphatic carbocycles. The van der Waals surface area contributed by atoms with Gasteiger partial charge in [0.05, 0.1) is 23.7 Å². The van der Waals surface area contributed by atoms with Crippen LogP contribution in [0.1, 0.15) is 24.8 Å². The van der Waals surface area contributed by atoms with Gasteiger partial charge in [-0.3, -0.25) is 19.5 Å². The summed E-state index contributed by atoms with van der Waals surface area (Å²) in [7, 11) is 0. The van der Waals surface area contributed by atoms with Crippen molar-refractivity contribution in [3.63, 3.8) is 0 Å². The van der Waals surface area contributed by atoms with Crippen molar-refractivity contribution in [2.45, 2.75) is 25.3 Å². The third-order valence-corrected chi connectivity index (χ3v) is 5.19. The highest BCUT2D eigenvalue weighted by Crippen LogP contribution is 2.26. The molecule has 30 heavy (non-hydrogen) atoms. The number of carbonyl (C=O) groups is 2. The van der Waals surface area contributed by atoms with E-state index in [0.29, 0.717) is 34.7 Å². The minimum absolute atomic E-state index is 0.0491. The van der Waals surface area contributed by atoms with Gasteiger partial charge >= 0.3 is 0 Å². The Morgan fingerprint density at radius 3 is 2.83 bits per heavy atom. The summed E-state index contributed by atoms with van der Waals surface area (Å²) in [6.07, 6.45) is 7.18. The number of para-hydroxylation sites is 2. The summed E-state index contributed by atoms with van der Waals surface area (Å²) in [5.41, 5.74) is 3.30. The number of imide groups is 1. The third-order valence-electron chi connectivity index (χ3n) is 5.19. The Morgan fingerprint density at radius 1 is 1.17 bits per heavy atom. The van der Waals surface area contributed by atoms with Crippen molar-refractivity contribution < 1.29 is 9.59 Å². The summed E-state index contributed by atoms with van der Waals surface area (Å²) in [4.78, 5) is 37.3. The van der Waals surface area contributed by atoms with Gasteiger partial charge in [0.15, 0.2) is 5.65 Å². The molecule has 0 bridgehead atoms. The lowest BCUT2D eigenvalue weighted by Crippen LogP contribution is -2.19. The molecule has 1 saturated carbocycles. The molecule has 6 rings (SSSR count). The number of hydrogen-bond donors (Lipinski definition) is 2. The fourth-order valence-electron chi connectivity index (χ4n) is 3.52. The van der Waals surface area contributed by atoms with Crippen LogP contribution < -0.4 is 10.6 Å².